The van der Waals surface area contributed by atoms with Crippen molar-refractivity contribution in [2.24, 2.45) is 0 Å². The molecule has 1 aromatic heterocycles. The van der Waals surface area contributed by atoms with E-state index in [9.17, 15) is 4.79 Å². The van der Waals surface area contributed by atoms with E-state index < -0.39 is 0 Å². The Morgan fingerprint density at radius 3 is 2.58 bits per heavy atom. The average molecular weight is 446 g/mol. The van der Waals surface area contributed by atoms with Crippen molar-refractivity contribution in [3.63, 3.8) is 0 Å². The quantitative estimate of drug-likeness (QED) is 0.319. The second kappa shape index (κ2) is 11.8. The monoisotopic (exact) mass is 445 g/mol. The lowest BCUT2D eigenvalue weighted by Gasteiger charge is -2.21. The fraction of sp³-hybridized carbons (Fsp3) is 0.429. The minimum atomic E-state index is -0.301. The predicted octanol–water partition coefficient (Wildman–Crippen LogP) is 5.07. The SMILES string of the molecule is COC(=O)[C@H](Cc1ccccc1)NCCCCCNc1c2c(nc3ccccc13)CCCC2. The van der Waals surface area contributed by atoms with E-state index >= 15 is 0 Å². The zero-order valence-corrected chi connectivity index (χ0v) is 19.6. The number of esters is 1. The molecule has 5 heteroatoms. The van der Waals surface area contributed by atoms with Crippen LogP contribution in [0, 0.1) is 0 Å². The molecule has 1 heterocycles. The normalized spacial score (nSPS) is 14.0. The largest absolute Gasteiger partial charge is 0.468 e. The lowest BCUT2D eigenvalue weighted by Crippen LogP contribution is -2.40. The van der Waals surface area contributed by atoms with Gasteiger partial charge in [-0.05, 0) is 68.7 Å². The number of nitrogens with one attached hydrogen (secondary N) is 2. The van der Waals surface area contributed by atoms with Crippen LogP contribution >= 0.6 is 0 Å². The molecule has 0 fully saturated rings. The van der Waals surface area contributed by atoms with Gasteiger partial charge in [0.05, 0.1) is 12.6 Å². The number of hydrogen-bond donors (Lipinski definition) is 2. The number of para-hydroxylation sites is 1. The van der Waals surface area contributed by atoms with E-state index in [-0.39, 0.29) is 12.0 Å². The zero-order chi connectivity index (χ0) is 22.9. The van der Waals surface area contributed by atoms with E-state index in [1.54, 1.807) is 0 Å². The van der Waals surface area contributed by atoms with Crippen LogP contribution in [0.3, 0.4) is 0 Å². The summed E-state index contributed by atoms with van der Waals surface area (Å²) in [6.07, 6.45) is 8.56. The topological polar surface area (TPSA) is 63.2 Å². The summed E-state index contributed by atoms with van der Waals surface area (Å²) in [7, 11) is 1.45. The molecule has 1 atom stereocenters. The van der Waals surface area contributed by atoms with Crippen LogP contribution in [0.25, 0.3) is 10.9 Å². The molecule has 0 radical (unpaired) electrons. The third kappa shape index (κ3) is 6.11. The Kier molecular flexibility index (Phi) is 8.31. The summed E-state index contributed by atoms with van der Waals surface area (Å²) >= 11 is 0. The standard InChI is InChI=1S/C28H35N3O2/c1-33-28(32)26(20-21-12-4-2-5-13-21)29-18-10-3-11-19-30-27-22-14-6-8-16-24(22)31-25-17-9-7-15-23(25)27/h2,4-6,8,12-14,16,26,29H,3,7,9-11,15,17-20H2,1H3,(H,30,31)/t26-/m0/s1. The minimum absolute atomic E-state index is 0.199. The van der Waals surface area contributed by atoms with Crippen molar-refractivity contribution in [3.05, 3.63) is 71.4 Å². The van der Waals surface area contributed by atoms with Crippen molar-refractivity contribution in [2.45, 2.75) is 57.4 Å². The van der Waals surface area contributed by atoms with Crippen LogP contribution in [0.4, 0.5) is 5.69 Å². The Labute approximate surface area is 197 Å². The molecule has 0 unspecified atom stereocenters. The van der Waals surface area contributed by atoms with Gasteiger partial charge in [-0.15, -0.1) is 0 Å². The summed E-state index contributed by atoms with van der Waals surface area (Å²) in [6.45, 7) is 1.76. The minimum Gasteiger partial charge on any atom is -0.468 e. The molecule has 2 N–H and O–H groups in total. The molecule has 4 rings (SSSR count). The van der Waals surface area contributed by atoms with Gasteiger partial charge in [-0.25, -0.2) is 0 Å². The lowest BCUT2D eigenvalue weighted by atomic mass is 9.92. The first-order valence-electron chi connectivity index (χ1n) is 12.3. The van der Waals surface area contributed by atoms with Crippen LogP contribution in [-0.2, 0) is 28.8 Å². The number of aryl methyl sites for hydroxylation is 1. The number of benzene rings is 2. The van der Waals surface area contributed by atoms with Crippen LogP contribution in [0.5, 0.6) is 0 Å². The molecule has 0 saturated carbocycles. The van der Waals surface area contributed by atoms with Gasteiger partial charge in [0, 0.05) is 23.3 Å². The van der Waals surface area contributed by atoms with Gasteiger partial charge < -0.3 is 15.4 Å². The number of fused-ring (bicyclic) bond motifs is 2. The number of ether oxygens (including phenoxy) is 1. The van der Waals surface area contributed by atoms with Crippen molar-refractivity contribution >= 4 is 22.6 Å². The highest BCUT2D eigenvalue weighted by molar-refractivity contribution is 5.93. The van der Waals surface area contributed by atoms with E-state index in [0.717, 1.165) is 56.3 Å². The number of carbonyl (C=O) groups excluding carboxylic acids is 1. The molecule has 3 aromatic rings. The number of aromatic nitrogens is 1. The molecule has 1 aliphatic rings. The highest BCUT2D eigenvalue weighted by atomic mass is 16.5. The zero-order valence-electron chi connectivity index (χ0n) is 19.6. The van der Waals surface area contributed by atoms with Crippen LogP contribution in [0.1, 0.15) is 48.9 Å². The number of anilines is 1. The summed E-state index contributed by atoms with van der Waals surface area (Å²) < 4.78 is 4.99. The first-order chi connectivity index (χ1) is 16.3. The Morgan fingerprint density at radius 2 is 1.73 bits per heavy atom. The van der Waals surface area contributed by atoms with Gasteiger partial charge in [0.2, 0.25) is 0 Å². The molecule has 174 valence electrons. The molecule has 0 saturated heterocycles. The van der Waals surface area contributed by atoms with E-state index in [1.165, 1.54) is 42.3 Å². The van der Waals surface area contributed by atoms with Crippen molar-refractivity contribution in [2.75, 3.05) is 25.5 Å². The maximum Gasteiger partial charge on any atom is 0.323 e. The molecule has 5 nitrogen and oxygen atoms in total. The maximum atomic E-state index is 12.2. The Morgan fingerprint density at radius 1 is 0.970 bits per heavy atom. The van der Waals surface area contributed by atoms with Crippen LogP contribution < -0.4 is 10.6 Å². The van der Waals surface area contributed by atoms with Gasteiger partial charge >= 0.3 is 5.97 Å². The molecule has 1 aliphatic carbocycles. The number of hydrogen-bond acceptors (Lipinski definition) is 5. The number of nitrogens with zero attached hydrogens (tertiary/aromatic N) is 1. The molecule has 0 bridgehead atoms. The van der Waals surface area contributed by atoms with Gasteiger partial charge in [-0.3, -0.25) is 9.78 Å². The molecule has 0 amide bonds. The number of carbonyl (C=O) groups is 1. The van der Waals surface area contributed by atoms with Crippen molar-refractivity contribution in [1.29, 1.82) is 0 Å². The predicted molar refractivity (Wildman–Crippen MR) is 135 cm³/mol. The van der Waals surface area contributed by atoms with Gasteiger partial charge in [-0.1, -0.05) is 55.0 Å². The smallest absolute Gasteiger partial charge is 0.323 e. The summed E-state index contributed by atoms with van der Waals surface area (Å²) in [5, 5.41) is 8.37. The van der Waals surface area contributed by atoms with E-state index in [2.05, 4.69) is 34.9 Å². The van der Waals surface area contributed by atoms with E-state index in [4.69, 9.17) is 9.72 Å². The molecule has 33 heavy (non-hydrogen) atoms. The summed E-state index contributed by atoms with van der Waals surface area (Å²) in [6, 6.07) is 18.3. The fourth-order valence-corrected chi connectivity index (χ4v) is 4.72. The van der Waals surface area contributed by atoms with Crippen molar-refractivity contribution < 1.29 is 9.53 Å². The first kappa shape index (κ1) is 23.2. The lowest BCUT2D eigenvalue weighted by molar-refractivity contribution is -0.143. The summed E-state index contributed by atoms with van der Waals surface area (Å²) in [4.78, 5) is 17.1. The Balaban J connectivity index is 1.25. The van der Waals surface area contributed by atoms with Crippen LogP contribution in [-0.4, -0.2) is 37.2 Å². The molecular formula is C28H35N3O2. The molecule has 2 aromatic carbocycles. The van der Waals surface area contributed by atoms with E-state index in [1.807, 2.05) is 30.3 Å². The number of pyridine rings is 1. The third-order valence-corrected chi connectivity index (χ3v) is 6.48. The van der Waals surface area contributed by atoms with Gasteiger partial charge in [0.15, 0.2) is 0 Å². The Bertz CT molecular complexity index is 1050. The van der Waals surface area contributed by atoms with Crippen LogP contribution in [0.2, 0.25) is 0 Å². The molecule has 0 spiro atoms. The average Bonchev–Trinajstić information content (AvgIpc) is 2.87. The first-order valence-corrected chi connectivity index (χ1v) is 12.3. The fourth-order valence-electron chi connectivity index (χ4n) is 4.72. The maximum absolute atomic E-state index is 12.2. The van der Waals surface area contributed by atoms with Crippen LogP contribution in [0.15, 0.2) is 54.6 Å². The van der Waals surface area contributed by atoms with E-state index in [0.29, 0.717) is 6.42 Å². The van der Waals surface area contributed by atoms with Gasteiger partial charge in [0.25, 0.3) is 0 Å². The second-order valence-corrected chi connectivity index (χ2v) is 8.84. The highest BCUT2D eigenvalue weighted by Gasteiger charge is 2.19. The third-order valence-electron chi connectivity index (χ3n) is 6.48. The number of methoxy groups -OCH3 is 1. The number of rotatable bonds is 11. The van der Waals surface area contributed by atoms with Gasteiger partial charge in [0.1, 0.15) is 6.04 Å². The molecular weight excluding hydrogens is 410 g/mol. The molecule has 0 aliphatic heterocycles. The van der Waals surface area contributed by atoms with Crippen molar-refractivity contribution in [3.8, 4) is 0 Å². The summed E-state index contributed by atoms with van der Waals surface area (Å²) in [5.41, 5.74) is 6.22. The second-order valence-electron chi connectivity index (χ2n) is 8.84. The van der Waals surface area contributed by atoms with Crippen molar-refractivity contribution in [1.82, 2.24) is 10.3 Å². The highest BCUT2D eigenvalue weighted by Crippen LogP contribution is 2.33. The summed E-state index contributed by atoms with van der Waals surface area (Å²) in [5.74, 6) is -0.199. The Hall–Kier alpha value is -2.92. The number of unbranched alkanes of at least 4 members (excludes halogenated alkanes) is 2. The van der Waals surface area contributed by atoms with Gasteiger partial charge in [-0.2, -0.15) is 0 Å².